The smallest absolute Gasteiger partial charge is 0.191 e. The van der Waals surface area contributed by atoms with E-state index in [9.17, 15) is 8.42 Å². The van der Waals surface area contributed by atoms with Gasteiger partial charge < -0.3 is 10.6 Å². The summed E-state index contributed by atoms with van der Waals surface area (Å²) < 4.78 is 22.4. The van der Waals surface area contributed by atoms with Crippen LogP contribution in [-0.2, 0) is 16.3 Å². The summed E-state index contributed by atoms with van der Waals surface area (Å²) in [7, 11) is -2.92. The monoisotopic (exact) mass is 495 g/mol. The number of aliphatic imine (C=N–C) groups is 1. The molecule has 0 bridgehead atoms. The van der Waals surface area contributed by atoms with Crippen LogP contribution in [-0.4, -0.2) is 39.5 Å². The topological polar surface area (TPSA) is 70.6 Å². The quantitative estimate of drug-likeness (QED) is 0.238. The molecule has 0 heterocycles. The first-order valence-electron chi connectivity index (χ1n) is 9.02. The number of sulfone groups is 1. The van der Waals surface area contributed by atoms with E-state index in [1.165, 1.54) is 17.4 Å². The summed E-state index contributed by atoms with van der Waals surface area (Å²) in [5.74, 6) is 1.54. The van der Waals surface area contributed by atoms with Gasteiger partial charge in [-0.25, -0.2) is 8.42 Å². The molecule has 0 fully saturated rings. The maximum atomic E-state index is 11.2. The van der Waals surface area contributed by atoms with E-state index in [-0.39, 0.29) is 35.8 Å². The highest BCUT2D eigenvalue weighted by molar-refractivity contribution is 14.0. The Bertz CT molecular complexity index is 643. The van der Waals surface area contributed by atoms with Gasteiger partial charge in [0.05, 0.1) is 11.8 Å². The highest BCUT2D eigenvalue weighted by atomic mass is 127. The molecule has 1 unspecified atom stereocenters. The number of nitrogens with zero attached hydrogens (tertiary/aromatic N) is 1. The number of halogens is 1. The van der Waals surface area contributed by atoms with E-state index in [0.29, 0.717) is 18.9 Å². The summed E-state index contributed by atoms with van der Waals surface area (Å²) >= 11 is 0. The van der Waals surface area contributed by atoms with E-state index < -0.39 is 9.84 Å². The van der Waals surface area contributed by atoms with Gasteiger partial charge in [-0.05, 0) is 43.7 Å². The lowest BCUT2D eigenvalue weighted by molar-refractivity contribution is 0.599. The third-order valence-corrected chi connectivity index (χ3v) is 4.79. The molecule has 0 saturated carbocycles. The minimum absolute atomic E-state index is 0. The Kier molecular flexibility index (Phi) is 12.1. The van der Waals surface area contributed by atoms with Gasteiger partial charge in [0.2, 0.25) is 0 Å². The highest BCUT2D eigenvalue weighted by Gasteiger charge is 2.08. The van der Waals surface area contributed by atoms with E-state index in [4.69, 9.17) is 0 Å². The van der Waals surface area contributed by atoms with Gasteiger partial charge in [0.15, 0.2) is 5.96 Å². The van der Waals surface area contributed by atoms with E-state index in [1.807, 2.05) is 6.92 Å². The van der Waals surface area contributed by atoms with Crippen LogP contribution in [0.2, 0.25) is 0 Å². The fourth-order valence-corrected chi connectivity index (χ4v) is 3.19. The van der Waals surface area contributed by atoms with Crippen LogP contribution in [0.1, 0.15) is 51.3 Å². The molecule has 7 heteroatoms. The molecule has 1 rings (SSSR count). The van der Waals surface area contributed by atoms with Gasteiger partial charge in [0.25, 0.3) is 0 Å². The fourth-order valence-electron chi connectivity index (χ4n) is 2.54. The minimum atomic E-state index is -2.92. The Labute approximate surface area is 176 Å². The Morgan fingerprint density at radius 1 is 1.15 bits per heavy atom. The summed E-state index contributed by atoms with van der Waals surface area (Å²) in [6.45, 7) is 9.81. The minimum Gasteiger partial charge on any atom is -0.357 e. The molecule has 0 aliphatic rings. The van der Waals surface area contributed by atoms with Crippen LogP contribution in [0, 0.1) is 5.92 Å². The van der Waals surface area contributed by atoms with Crippen molar-refractivity contribution in [1.29, 1.82) is 0 Å². The van der Waals surface area contributed by atoms with Crippen molar-refractivity contribution in [2.24, 2.45) is 10.9 Å². The Balaban J connectivity index is 0.00000625. The lowest BCUT2D eigenvalue weighted by Gasteiger charge is -2.18. The Morgan fingerprint density at radius 2 is 1.77 bits per heavy atom. The maximum absolute atomic E-state index is 11.2. The van der Waals surface area contributed by atoms with Crippen molar-refractivity contribution >= 4 is 39.8 Å². The standard InChI is InChI=1S/C19H33N3O2S.HI/c1-6-20-19(21-12-7-13-25(5,23)24)22-16(4)18-10-8-17(9-11-18)14-15(2)3;/h8-11,15-16H,6-7,12-14H2,1-5H3,(H2,20,21,22);1H. The normalized spacial score (nSPS) is 13.2. The number of hydrogen-bond donors (Lipinski definition) is 2. The molecule has 1 aromatic rings. The van der Waals surface area contributed by atoms with Gasteiger partial charge >= 0.3 is 0 Å². The number of hydrogen-bond acceptors (Lipinski definition) is 3. The molecule has 0 aromatic heterocycles. The van der Waals surface area contributed by atoms with Crippen LogP contribution in [0.25, 0.3) is 0 Å². The second-order valence-corrected chi connectivity index (χ2v) is 9.21. The van der Waals surface area contributed by atoms with Crippen LogP contribution >= 0.6 is 24.0 Å². The summed E-state index contributed by atoms with van der Waals surface area (Å²) in [5.41, 5.74) is 2.56. The molecule has 1 aromatic carbocycles. The third kappa shape index (κ3) is 11.0. The number of nitrogens with one attached hydrogen (secondary N) is 2. The summed E-state index contributed by atoms with van der Waals surface area (Å²) in [4.78, 5) is 4.47. The predicted octanol–water partition coefficient (Wildman–Crippen LogP) is 3.55. The summed E-state index contributed by atoms with van der Waals surface area (Å²) in [5, 5.41) is 6.59. The Morgan fingerprint density at radius 3 is 2.27 bits per heavy atom. The molecule has 0 spiro atoms. The maximum Gasteiger partial charge on any atom is 0.191 e. The van der Waals surface area contributed by atoms with Crippen molar-refractivity contribution in [2.75, 3.05) is 25.1 Å². The van der Waals surface area contributed by atoms with Crippen LogP contribution in [0.4, 0.5) is 0 Å². The van der Waals surface area contributed by atoms with Gasteiger partial charge in [-0.15, -0.1) is 24.0 Å². The molecule has 0 amide bonds. The molecule has 0 aliphatic carbocycles. The van der Waals surface area contributed by atoms with Crippen LogP contribution in [0.15, 0.2) is 29.3 Å². The summed E-state index contributed by atoms with van der Waals surface area (Å²) in [6.07, 6.45) is 2.88. The molecule has 150 valence electrons. The molecule has 0 saturated heterocycles. The molecule has 5 nitrogen and oxygen atoms in total. The van der Waals surface area contributed by atoms with Crippen LogP contribution < -0.4 is 10.6 Å². The van der Waals surface area contributed by atoms with Gasteiger partial charge in [-0.2, -0.15) is 0 Å². The molecule has 2 N–H and O–H groups in total. The number of guanidine groups is 1. The van der Waals surface area contributed by atoms with Crippen LogP contribution in [0.3, 0.4) is 0 Å². The highest BCUT2D eigenvalue weighted by Crippen LogP contribution is 2.15. The molecular formula is C19H34IN3O2S. The average molecular weight is 495 g/mol. The first kappa shape index (κ1) is 25.2. The molecule has 0 radical (unpaired) electrons. The van der Waals surface area contributed by atoms with Crippen molar-refractivity contribution in [2.45, 2.75) is 46.6 Å². The van der Waals surface area contributed by atoms with Crippen molar-refractivity contribution < 1.29 is 8.42 Å². The van der Waals surface area contributed by atoms with Gasteiger partial charge in [-0.3, -0.25) is 4.99 Å². The van der Waals surface area contributed by atoms with Crippen molar-refractivity contribution in [1.82, 2.24) is 10.6 Å². The number of rotatable bonds is 9. The lowest BCUT2D eigenvalue weighted by Crippen LogP contribution is -2.38. The number of benzene rings is 1. The fraction of sp³-hybridized carbons (Fsp3) is 0.632. The first-order valence-corrected chi connectivity index (χ1v) is 11.1. The molecule has 26 heavy (non-hydrogen) atoms. The molecular weight excluding hydrogens is 461 g/mol. The van der Waals surface area contributed by atoms with Crippen molar-refractivity contribution in [3.63, 3.8) is 0 Å². The van der Waals surface area contributed by atoms with E-state index in [2.05, 4.69) is 60.7 Å². The van der Waals surface area contributed by atoms with Gasteiger partial charge in [-0.1, -0.05) is 38.1 Å². The molecule has 0 aliphatic heterocycles. The lowest BCUT2D eigenvalue weighted by atomic mass is 10.00. The second kappa shape index (κ2) is 12.5. The van der Waals surface area contributed by atoms with Gasteiger partial charge in [0.1, 0.15) is 9.84 Å². The SMILES string of the molecule is CCNC(=NCCCS(C)(=O)=O)NC(C)c1ccc(CC(C)C)cc1.I. The second-order valence-electron chi connectivity index (χ2n) is 6.95. The zero-order valence-electron chi connectivity index (χ0n) is 16.6. The zero-order chi connectivity index (χ0) is 18.9. The zero-order valence-corrected chi connectivity index (χ0v) is 19.7. The van der Waals surface area contributed by atoms with Gasteiger partial charge in [0, 0.05) is 19.3 Å². The average Bonchev–Trinajstić information content (AvgIpc) is 2.50. The van der Waals surface area contributed by atoms with Crippen molar-refractivity contribution in [3.05, 3.63) is 35.4 Å². The molecule has 1 atom stereocenters. The van der Waals surface area contributed by atoms with E-state index in [1.54, 1.807) is 0 Å². The van der Waals surface area contributed by atoms with Crippen molar-refractivity contribution in [3.8, 4) is 0 Å². The van der Waals surface area contributed by atoms with Crippen LogP contribution in [0.5, 0.6) is 0 Å². The predicted molar refractivity (Wildman–Crippen MR) is 122 cm³/mol. The Hall–Kier alpha value is -0.830. The largest absolute Gasteiger partial charge is 0.357 e. The third-order valence-electron chi connectivity index (χ3n) is 3.76. The van der Waals surface area contributed by atoms with E-state index >= 15 is 0 Å². The summed E-state index contributed by atoms with van der Waals surface area (Å²) in [6, 6.07) is 8.80. The van der Waals surface area contributed by atoms with E-state index in [0.717, 1.165) is 18.9 Å². The first-order chi connectivity index (χ1) is 11.7.